The van der Waals surface area contributed by atoms with Crippen molar-refractivity contribution < 1.29 is 9.21 Å². The van der Waals surface area contributed by atoms with Gasteiger partial charge in [0.05, 0.1) is 6.20 Å². The first kappa shape index (κ1) is 15.5. The summed E-state index contributed by atoms with van der Waals surface area (Å²) in [6.45, 7) is 6.31. The predicted molar refractivity (Wildman–Crippen MR) is 84.4 cm³/mol. The molecule has 0 saturated heterocycles. The summed E-state index contributed by atoms with van der Waals surface area (Å²) in [4.78, 5) is 15.7. The minimum atomic E-state index is -0.523. The van der Waals surface area contributed by atoms with Crippen LogP contribution in [0.1, 0.15) is 73.6 Å². The van der Waals surface area contributed by atoms with Crippen molar-refractivity contribution in [1.29, 1.82) is 0 Å². The molecular weight excluding hydrogens is 264 g/mol. The van der Waals surface area contributed by atoms with Gasteiger partial charge < -0.3 is 10.2 Å². The Balaban J connectivity index is 2.29. The standard InChI is InChI=1S/C17H24N2O2/c1-4-5-6-7-8-11(2)13-9-19-10-14-15(13)12(3)16(21-14)17(18)20/h9-11H,4-8H2,1-3H3,(H2,18,20). The van der Waals surface area contributed by atoms with Crippen LogP contribution in [0, 0.1) is 6.92 Å². The molecule has 4 nitrogen and oxygen atoms in total. The Bertz CT molecular complexity index is 631. The molecule has 0 radical (unpaired) electrons. The van der Waals surface area contributed by atoms with Gasteiger partial charge in [-0.2, -0.15) is 0 Å². The molecule has 2 aromatic rings. The van der Waals surface area contributed by atoms with Crippen molar-refractivity contribution in [3.8, 4) is 0 Å². The molecule has 0 aliphatic carbocycles. The van der Waals surface area contributed by atoms with Crippen LogP contribution in [0.5, 0.6) is 0 Å². The monoisotopic (exact) mass is 288 g/mol. The van der Waals surface area contributed by atoms with Gasteiger partial charge in [-0.25, -0.2) is 0 Å². The normalized spacial score (nSPS) is 12.7. The van der Waals surface area contributed by atoms with E-state index in [1.54, 1.807) is 6.20 Å². The number of aromatic nitrogens is 1. The summed E-state index contributed by atoms with van der Waals surface area (Å²) >= 11 is 0. The van der Waals surface area contributed by atoms with E-state index in [0.29, 0.717) is 11.5 Å². The van der Waals surface area contributed by atoms with Crippen LogP contribution in [0.15, 0.2) is 16.8 Å². The molecule has 1 atom stereocenters. The van der Waals surface area contributed by atoms with Gasteiger partial charge in [-0.1, -0.05) is 39.5 Å². The van der Waals surface area contributed by atoms with Gasteiger partial charge >= 0.3 is 0 Å². The number of nitrogens with zero attached hydrogens (tertiary/aromatic N) is 1. The van der Waals surface area contributed by atoms with Crippen molar-refractivity contribution in [1.82, 2.24) is 4.98 Å². The molecule has 114 valence electrons. The van der Waals surface area contributed by atoms with Crippen molar-refractivity contribution in [3.05, 3.63) is 29.3 Å². The quantitative estimate of drug-likeness (QED) is 0.772. The number of rotatable bonds is 7. The number of carbonyl (C=O) groups excluding carboxylic acids is 1. The van der Waals surface area contributed by atoms with Gasteiger partial charge in [0, 0.05) is 17.1 Å². The number of pyridine rings is 1. The third-order valence-corrected chi connectivity index (χ3v) is 4.11. The fraction of sp³-hybridized carbons (Fsp3) is 0.529. The third-order valence-electron chi connectivity index (χ3n) is 4.11. The first-order valence-electron chi connectivity index (χ1n) is 7.73. The van der Waals surface area contributed by atoms with E-state index >= 15 is 0 Å². The van der Waals surface area contributed by atoms with E-state index in [-0.39, 0.29) is 5.76 Å². The molecule has 0 saturated carbocycles. The molecule has 0 aromatic carbocycles. The summed E-state index contributed by atoms with van der Waals surface area (Å²) in [5.41, 5.74) is 8.00. The smallest absolute Gasteiger partial charge is 0.284 e. The molecule has 2 rings (SSSR count). The third kappa shape index (κ3) is 3.26. The van der Waals surface area contributed by atoms with Gasteiger partial charge in [-0.05, 0) is 24.8 Å². The molecule has 1 amide bonds. The van der Waals surface area contributed by atoms with Crippen molar-refractivity contribution in [2.75, 3.05) is 0 Å². The number of furan rings is 1. The largest absolute Gasteiger partial charge is 0.449 e. The van der Waals surface area contributed by atoms with Crippen molar-refractivity contribution in [2.45, 2.75) is 58.8 Å². The van der Waals surface area contributed by atoms with E-state index in [1.807, 2.05) is 13.1 Å². The van der Waals surface area contributed by atoms with Crippen molar-refractivity contribution in [2.24, 2.45) is 5.73 Å². The van der Waals surface area contributed by atoms with Gasteiger partial charge in [0.25, 0.3) is 5.91 Å². The average molecular weight is 288 g/mol. The zero-order valence-electron chi connectivity index (χ0n) is 13.1. The Hall–Kier alpha value is -1.84. The van der Waals surface area contributed by atoms with Gasteiger partial charge in [0.1, 0.15) is 0 Å². The number of hydrogen-bond acceptors (Lipinski definition) is 3. The highest BCUT2D eigenvalue weighted by molar-refractivity contribution is 5.98. The second kappa shape index (κ2) is 6.74. The lowest BCUT2D eigenvalue weighted by Gasteiger charge is -2.12. The van der Waals surface area contributed by atoms with E-state index in [4.69, 9.17) is 10.2 Å². The molecule has 2 heterocycles. The van der Waals surface area contributed by atoms with E-state index < -0.39 is 5.91 Å². The fourth-order valence-corrected chi connectivity index (χ4v) is 2.88. The maximum atomic E-state index is 11.4. The van der Waals surface area contributed by atoms with Crippen LogP contribution in [0.25, 0.3) is 11.0 Å². The molecule has 2 N–H and O–H groups in total. The molecular formula is C17H24N2O2. The lowest BCUT2D eigenvalue weighted by molar-refractivity contribution is 0.0975. The Kier molecular flexibility index (Phi) is 4.99. The number of carbonyl (C=O) groups is 1. The van der Waals surface area contributed by atoms with E-state index in [0.717, 1.165) is 22.9 Å². The molecule has 4 heteroatoms. The van der Waals surface area contributed by atoms with Crippen LogP contribution in [0.2, 0.25) is 0 Å². The Morgan fingerprint density at radius 2 is 2.10 bits per heavy atom. The fourth-order valence-electron chi connectivity index (χ4n) is 2.88. The predicted octanol–water partition coefficient (Wildman–Crippen LogP) is 4.31. The van der Waals surface area contributed by atoms with E-state index in [9.17, 15) is 4.79 Å². The molecule has 2 aromatic heterocycles. The van der Waals surface area contributed by atoms with Crippen LogP contribution in [0.4, 0.5) is 0 Å². The number of amides is 1. The summed E-state index contributed by atoms with van der Waals surface area (Å²) in [5, 5.41) is 1.00. The van der Waals surface area contributed by atoms with E-state index in [1.165, 1.54) is 25.7 Å². The highest BCUT2D eigenvalue weighted by atomic mass is 16.3. The second-order valence-corrected chi connectivity index (χ2v) is 5.77. The Morgan fingerprint density at radius 3 is 2.76 bits per heavy atom. The zero-order chi connectivity index (χ0) is 15.4. The van der Waals surface area contributed by atoms with E-state index in [2.05, 4.69) is 18.8 Å². The highest BCUT2D eigenvalue weighted by Gasteiger charge is 2.20. The number of fused-ring (bicyclic) bond motifs is 1. The maximum absolute atomic E-state index is 11.4. The van der Waals surface area contributed by atoms with Gasteiger partial charge in [0.15, 0.2) is 11.3 Å². The number of primary amides is 1. The SMILES string of the molecule is CCCCCCC(C)c1cncc2oc(C(N)=O)c(C)c12. The van der Waals surface area contributed by atoms with Crippen LogP contribution in [-0.2, 0) is 0 Å². The van der Waals surface area contributed by atoms with Gasteiger partial charge in [-0.3, -0.25) is 9.78 Å². The molecule has 0 fully saturated rings. The molecule has 0 bridgehead atoms. The van der Waals surface area contributed by atoms with Crippen LogP contribution >= 0.6 is 0 Å². The maximum Gasteiger partial charge on any atom is 0.284 e. The molecule has 0 spiro atoms. The number of aryl methyl sites for hydroxylation is 1. The first-order valence-corrected chi connectivity index (χ1v) is 7.73. The summed E-state index contributed by atoms with van der Waals surface area (Å²) < 4.78 is 5.56. The molecule has 0 aliphatic heterocycles. The number of unbranched alkanes of at least 4 members (excludes halogenated alkanes) is 3. The van der Waals surface area contributed by atoms with Gasteiger partial charge in [0.2, 0.25) is 0 Å². The summed E-state index contributed by atoms with van der Waals surface area (Å²) in [5.74, 6) is 0.123. The Labute approximate surface area is 125 Å². The number of nitrogens with two attached hydrogens (primary N) is 1. The lowest BCUT2D eigenvalue weighted by Crippen LogP contribution is -2.10. The molecule has 1 unspecified atom stereocenters. The first-order chi connectivity index (χ1) is 10.1. The summed E-state index contributed by atoms with van der Waals surface area (Å²) in [6, 6.07) is 0. The highest BCUT2D eigenvalue weighted by Crippen LogP contribution is 2.33. The average Bonchev–Trinajstić information content (AvgIpc) is 2.81. The van der Waals surface area contributed by atoms with Crippen molar-refractivity contribution >= 4 is 16.9 Å². The summed E-state index contributed by atoms with van der Waals surface area (Å²) in [6.07, 6.45) is 9.67. The van der Waals surface area contributed by atoms with Crippen molar-refractivity contribution in [3.63, 3.8) is 0 Å². The lowest BCUT2D eigenvalue weighted by atomic mass is 9.92. The molecule has 21 heavy (non-hydrogen) atoms. The second-order valence-electron chi connectivity index (χ2n) is 5.77. The number of hydrogen-bond donors (Lipinski definition) is 1. The zero-order valence-corrected chi connectivity index (χ0v) is 13.1. The summed E-state index contributed by atoms with van der Waals surface area (Å²) in [7, 11) is 0. The van der Waals surface area contributed by atoms with Crippen LogP contribution < -0.4 is 5.73 Å². The Morgan fingerprint density at radius 1 is 1.33 bits per heavy atom. The van der Waals surface area contributed by atoms with Crippen LogP contribution in [0.3, 0.4) is 0 Å². The van der Waals surface area contributed by atoms with Crippen LogP contribution in [-0.4, -0.2) is 10.9 Å². The minimum absolute atomic E-state index is 0.248. The molecule has 0 aliphatic rings. The minimum Gasteiger partial charge on any atom is -0.449 e. The topological polar surface area (TPSA) is 69.1 Å². The van der Waals surface area contributed by atoms with Gasteiger partial charge in [-0.15, -0.1) is 0 Å².